The van der Waals surface area contributed by atoms with Gasteiger partial charge < -0.3 is 5.32 Å². The highest BCUT2D eigenvalue weighted by Gasteiger charge is 2.20. The van der Waals surface area contributed by atoms with Crippen LogP contribution in [0.1, 0.15) is 36.0 Å². The van der Waals surface area contributed by atoms with Crippen molar-refractivity contribution in [2.75, 3.05) is 6.54 Å². The van der Waals surface area contributed by atoms with E-state index in [1.807, 2.05) is 0 Å². The molecule has 0 aliphatic heterocycles. The number of rotatable bonds is 5. The molecular weight excluding hydrogens is 285 g/mol. The van der Waals surface area contributed by atoms with Crippen molar-refractivity contribution in [1.82, 2.24) is 5.32 Å². The molecule has 1 N–H and O–H groups in total. The summed E-state index contributed by atoms with van der Waals surface area (Å²) in [5, 5.41) is 2.81. The van der Waals surface area contributed by atoms with Crippen LogP contribution in [0.25, 0.3) is 0 Å². The molecule has 1 saturated carbocycles. The van der Waals surface area contributed by atoms with Gasteiger partial charge in [-0.3, -0.25) is 4.79 Å². The summed E-state index contributed by atoms with van der Waals surface area (Å²) < 4.78 is 13.5. The second kappa shape index (κ2) is 5.63. The lowest BCUT2D eigenvalue weighted by atomic mass is 10.2. The highest BCUT2D eigenvalue weighted by Crippen LogP contribution is 2.33. The van der Waals surface area contributed by atoms with Crippen LogP contribution in [0, 0.1) is 11.7 Å². The monoisotopic (exact) mass is 299 g/mol. The van der Waals surface area contributed by atoms with Crippen LogP contribution in [0.3, 0.4) is 0 Å². The highest BCUT2D eigenvalue weighted by molar-refractivity contribution is 9.10. The van der Waals surface area contributed by atoms with E-state index in [4.69, 9.17) is 0 Å². The summed E-state index contributed by atoms with van der Waals surface area (Å²) in [6.07, 6.45) is 4.86. The molecule has 0 atom stereocenters. The Morgan fingerprint density at radius 2 is 2.24 bits per heavy atom. The maximum absolute atomic E-state index is 13.2. The van der Waals surface area contributed by atoms with Crippen molar-refractivity contribution in [2.45, 2.75) is 25.7 Å². The average Bonchev–Trinajstić information content (AvgIpc) is 3.12. The van der Waals surface area contributed by atoms with E-state index < -0.39 is 5.82 Å². The molecule has 1 aromatic rings. The Hall–Kier alpha value is -0.900. The van der Waals surface area contributed by atoms with Crippen LogP contribution in [0.5, 0.6) is 0 Å². The second-order valence-electron chi connectivity index (χ2n) is 4.44. The van der Waals surface area contributed by atoms with Crippen LogP contribution >= 0.6 is 15.9 Å². The lowest BCUT2D eigenvalue weighted by molar-refractivity contribution is 0.0951. The van der Waals surface area contributed by atoms with Gasteiger partial charge in [-0.05, 0) is 46.8 Å². The molecule has 92 valence electrons. The number of halogens is 2. The third-order valence-electron chi connectivity index (χ3n) is 2.97. The van der Waals surface area contributed by atoms with Gasteiger partial charge in [0.25, 0.3) is 5.91 Å². The SMILES string of the molecule is O=C(NCCCC1CC1)c1cccc(F)c1Br. The molecule has 0 saturated heterocycles. The van der Waals surface area contributed by atoms with E-state index in [0.29, 0.717) is 12.1 Å². The molecule has 0 heterocycles. The largest absolute Gasteiger partial charge is 0.352 e. The smallest absolute Gasteiger partial charge is 0.252 e. The molecule has 1 aliphatic rings. The van der Waals surface area contributed by atoms with E-state index in [9.17, 15) is 9.18 Å². The Bertz CT molecular complexity index is 418. The van der Waals surface area contributed by atoms with Gasteiger partial charge >= 0.3 is 0 Å². The zero-order chi connectivity index (χ0) is 12.3. The third-order valence-corrected chi connectivity index (χ3v) is 3.77. The fourth-order valence-electron chi connectivity index (χ4n) is 1.77. The predicted molar refractivity (Wildman–Crippen MR) is 68.4 cm³/mol. The first-order chi connectivity index (χ1) is 8.18. The maximum Gasteiger partial charge on any atom is 0.252 e. The van der Waals surface area contributed by atoms with Crippen molar-refractivity contribution in [3.63, 3.8) is 0 Å². The zero-order valence-electron chi connectivity index (χ0n) is 9.51. The Labute approximate surface area is 109 Å². The van der Waals surface area contributed by atoms with Gasteiger partial charge in [-0.1, -0.05) is 18.9 Å². The van der Waals surface area contributed by atoms with Gasteiger partial charge in [0.05, 0.1) is 10.0 Å². The number of hydrogen-bond acceptors (Lipinski definition) is 1. The fraction of sp³-hybridized carbons (Fsp3) is 0.462. The minimum atomic E-state index is -0.407. The summed E-state index contributed by atoms with van der Waals surface area (Å²) in [6, 6.07) is 4.48. The molecule has 0 spiro atoms. The topological polar surface area (TPSA) is 29.1 Å². The number of nitrogens with one attached hydrogen (secondary N) is 1. The molecule has 1 aromatic carbocycles. The number of hydrogen-bond donors (Lipinski definition) is 1. The minimum absolute atomic E-state index is 0.216. The quantitative estimate of drug-likeness (QED) is 0.828. The van der Waals surface area contributed by atoms with Gasteiger partial charge in [-0.2, -0.15) is 0 Å². The maximum atomic E-state index is 13.2. The average molecular weight is 300 g/mol. The lowest BCUT2D eigenvalue weighted by Gasteiger charge is -2.07. The number of carbonyl (C=O) groups is 1. The van der Waals surface area contributed by atoms with Crippen LogP contribution in [-0.4, -0.2) is 12.5 Å². The van der Waals surface area contributed by atoms with Gasteiger partial charge in [0.2, 0.25) is 0 Å². The van der Waals surface area contributed by atoms with Crippen molar-refractivity contribution in [2.24, 2.45) is 5.92 Å². The van der Waals surface area contributed by atoms with Crippen molar-refractivity contribution in [1.29, 1.82) is 0 Å². The molecule has 17 heavy (non-hydrogen) atoms. The van der Waals surface area contributed by atoms with Gasteiger partial charge in [0.15, 0.2) is 0 Å². The van der Waals surface area contributed by atoms with Crippen LogP contribution in [0.4, 0.5) is 4.39 Å². The fourth-order valence-corrected chi connectivity index (χ4v) is 2.22. The van der Waals surface area contributed by atoms with Gasteiger partial charge in [-0.15, -0.1) is 0 Å². The molecule has 1 amide bonds. The zero-order valence-corrected chi connectivity index (χ0v) is 11.1. The standard InChI is InChI=1S/C13H15BrFNO/c14-12-10(4-1-5-11(12)15)13(17)16-8-2-3-9-6-7-9/h1,4-5,9H,2-3,6-8H2,(H,16,17). The van der Waals surface area contributed by atoms with Crippen LogP contribution in [0.15, 0.2) is 22.7 Å². The molecule has 1 fully saturated rings. The van der Waals surface area contributed by atoms with E-state index >= 15 is 0 Å². The number of carbonyl (C=O) groups excluding carboxylic acids is 1. The lowest BCUT2D eigenvalue weighted by Crippen LogP contribution is -2.25. The second-order valence-corrected chi connectivity index (χ2v) is 5.24. The summed E-state index contributed by atoms with van der Waals surface area (Å²) in [4.78, 5) is 11.8. The molecule has 4 heteroatoms. The molecule has 2 rings (SSSR count). The van der Waals surface area contributed by atoms with Crippen LogP contribution in [0.2, 0.25) is 0 Å². The molecule has 2 nitrogen and oxygen atoms in total. The van der Waals surface area contributed by atoms with Gasteiger partial charge in [-0.25, -0.2) is 4.39 Å². The van der Waals surface area contributed by atoms with Gasteiger partial charge in [0, 0.05) is 6.54 Å². The van der Waals surface area contributed by atoms with E-state index in [2.05, 4.69) is 21.2 Å². The summed E-state index contributed by atoms with van der Waals surface area (Å²) in [7, 11) is 0. The number of amides is 1. The van der Waals surface area contributed by atoms with Crippen molar-refractivity contribution < 1.29 is 9.18 Å². The van der Waals surface area contributed by atoms with Crippen LogP contribution in [-0.2, 0) is 0 Å². The molecule has 0 bridgehead atoms. The predicted octanol–water partition coefficient (Wildman–Crippen LogP) is 3.51. The Kier molecular flexibility index (Phi) is 4.15. The third kappa shape index (κ3) is 3.53. The molecule has 0 unspecified atom stereocenters. The van der Waals surface area contributed by atoms with Crippen molar-refractivity contribution >= 4 is 21.8 Å². The van der Waals surface area contributed by atoms with E-state index in [1.165, 1.54) is 25.3 Å². The number of benzene rings is 1. The first-order valence-electron chi connectivity index (χ1n) is 5.90. The van der Waals surface area contributed by atoms with Crippen molar-refractivity contribution in [3.05, 3.63) is 34.1 Å². The molecule has 1 aliphatic carbocycles. The van der Waals surface area contributed by atoms with E-state index in [0.717, 1.165) is 12.3 Å². The van der Waals surface area contributed by atoms with E-state index in [-0.39, 0.29) is 10.4 Å². The molecule has 0 aromatic heterocycles. The summed E-state index contributed by atoms with van der Waals surface area (Å²) in [6.45, 7) is 0.665. The highest BCUT2D eigenvalue weighted by atomic mass is 79.9. The Morgan fingerprint density at radius 3 is 2.94 bits per heavy atom. The normalized spacial score (nSPS) is 14.7. The summed E-state index contributed by atoms with van der Waals surface area (Å²) in [5.74, 6) is 0.260. The Balaban J connectivity index is 1.83. The van der Waals surface area contributed by atoms with E-state index in [1.54, 1.807) is 12.1 Å². The minimum Gasteiger partial charge on any atom is -0.352 e. The van der Waals surface area contributed by atoms with Crippen LogP contribution < -0.4 is 5.32 Å². The molecular formula is C13H15BrFNO. The van der Waals surface area contributed by atoms with Crippen molar-refractivity contribution in [3.8, 4) is 0 Å². The Morgan fingerprint density at radius 1 is 1.47 bits per heavy atom. The van der Waals surface area contributed by atoms with Gasteiger partial charge in [0.1, 0.15) is 5.82 Å². The summed E-state index contributed by atoms with van der Waals surface area (Å²) in [5.41, 5.74) is 0.358. The first-order valence-corrected chi connectivity index (χ1v) is 6.70. The molecule has 0 radical (unpaired) electrons. The first kappa shape index (κ1) is 12.6. The summed E-state index contributed by atoms with van der Waals surface area (Å²) >= 11 is 3.09.